The van der Waals surface area contributed by atoms with Gasteiger partial charge in [0, 0.05) is 16.5 Å². The standard InChI is InChI=1S/C31H27N/c1-3-5-13-23(4-2)25-20-26(24-14-7-6-8-15-24)22-27(21-25)32-30-18-11-9-16-28(30)29-17-10-12-19-31(29)32/h3,5-22H,4H2,1-2H3/b5-3-,23-13+. The van der Waals surface area contributed by atoms with E-state index in [4.69, 9.17) is 0 Å². The van der Waals surface area contributed by atoms with E-state index in [0.717, 1.165) is 6.42 Å². The number of para-hydroxylation sites is 2. The summed E-state index contributed by atoms with van der Waals surface area (Å²) in [5.74, 6) is 0. The van der Waals surface area contributed by atoms with Crippen molar-refractivity contribution in [2.45, 2.75) is 20.3 Å². The van der Waals surface area contributed by atoms with Crippen LogP contribution in [0.15, 0.2) is 115 Å². The Morgan fingerprint density at radius 1 is 0.719 bits per heavy atom. The number of benzene rings is 4. The molecule has 1 heteroatoms. The first kappa shape index (κ1) is 20.1. The maximum Gasteiger partial charge on any atom is 0.0541 e. The van der Waals surface area contributed by atoms with Crippen molar-refractivity contribution in [3.05, 3.63) is 121 Å². The first-order valence-electron chi connectivity index (χ1n) is 11.3. The number of aromatic nitrogens is 1. The molecule has 1 heterocycles. The second kappa shape index (κ2) is 8.72. The maximum absolute atomic E-state index is 2.41. The van der Waals surface area contributed by atoms with Crippen molar-refractivity contribution in [3.8, 4) is 16.8 Å². The van der Waals surface area contributed by atoms with Crippen molar-refractivity contribution < 1.29 is 0 Å². The van der Waals surface area contributed by atoms with E-state index in [-0.39, 0.29) is 0 Å². The molecular weight excluding hydrogens is 386 g/mol. The fourth-order valence-electron chi connectivity index (χ4n) is 4.55. The van der Waals surface area contributed by atoms with Gasteiger partial charge in [0.25, 0.3) is 0 Å². The van der Waals surface area contributed by atoms with E-state index >= 15 is 0 Å². The Kier molecular flexibility index (Phi) is 5.47. The Labute approximate surface area is 190 Å². The molecule has 0 aliphatic rings. The first-order chi connectivity index (χ1) is 15.8. The van der Waals surface area contributed by atoms with Crippen molar-refractivity contribution >= 4 is 27.4 Å². The van der Waals surface area contributed by atoms with Gasteiger partial charge in [-0.2, -0.15) is 0 Å². The lowest BCUT2D eigenvalue weighted by atomic mass is 9.96. The highest BCUT2D eigenvalue weighted by molar-refractivity contribution is 6.09. The van der Waals surface area contributed by atoms with Crippen LogP contribution in [0.5, 0.6) is 0 Å². The fourth-order valence-corrected chi connectivity index (χ4v) is 4.55. The highest BCUT2D eigenvalue weighted by Gasteiger charge is 2.14. The molecule has 156 valence electrons. The van der Waals surface area contributed by atoms with E-state index in [0.29, 0.717) is 0 Å². The highest BCUT2D eigenvalue weighted by Crippen LogP contribution is 2.35. The number of rotatable bonds is 5. The zero-order chi connectivity index (χ0) is 21.9. The summed E-state index contributed by atoms with van der Waals surface area (Å²) in [6, 6.07) is 35.1. The quantitative estimate of drug-likeness (QED) is 0.254. The van der Waals surface area contributed by atoms with Crippen LogP contribution >= 0.6 is 0 Å². The van der Waals surface area contributed by atoms with Crippen molar-refractivity contribution in [3.63, 3.8) is 0 Å². The van der Waals surface area contributed by atoms with Gasteiger partial charge in [-0.15, -0.1) is 0 Å². The summed E-state index contributed by atoms with van der Waals surface area (Å²) in [5, 5.41) is 2.57. The summed E-state index contributed by atoms with van der Waals surface area (Å²) in [5.41, 5.74) is 8.74. The largest absolute Gasteiger partial charge is 0.309 e. The molecule has 0 atom stereocenters. The molecular formula is C31H27N. The van der Waals surface area contributed by atoms with Crippen molar-refractivity contribution in [2.75, 3.05) is 0 Å². The Morgan fingerprint density at radius 3 is 1.97 bits per heavy atom. The molecule has 5 aromatic rings. The third-order valence-corrected chi connectivity index (χ3v) is 6.10. The molecule has 32 heavy (non-hydrogen) atoms. The van der Waals surface area contributed by atoms with Crippen LogP contribution in [-0.2, 0) is 0 Å². The summed E-state index contributed by atoms with van der Waals surface area (Å²) in [4.78, 5) is 0. The van der Waals surface area contributed by atoms with Gasteiger partial charge < -0.3 is 4.57 Å². The average molecular weight is 414 g/mol. The predicted octanol–water partition coefficient (Wildman–Crippen LogP) is 8.82. The summed E-state index contributed by atoms with van der Waals surface area (Å²) in [7, 11) is 0. The number of nitrogens with zero attached hydrogens (tertiary/aromatic N) is 1. The lowest BCUT2D eigenvalue weighted by molar-refractivity contribution is 1.17. The van der Waals surface area contributed by atoms with Gasteiger partial charge in [-0.1, -0.05) is 91.9 Å². The lowest BCUT2D eigenvalue weighted by Crippen LogP contribution is -1.97. The topological polar surface area (TPSA) is 4.93 Å². The Bertz CT molecular complexity index is 1400. The summed E-state index contributed by atoms with van der Waals surface area (Å²) >= 11 is 0. The molecule has 5 rings (SSSR count). The van der Waals surface area contributed by atoms with Crippen LogP contribution in [0, 0.1) is 0 Å². The van der Waals surface area contributed by atoms with Crippen LogP contribution in [0.4, 0.5) is 0 Å². The molecule has 1 nitrogen and oxygen atoms in total. The van der Waals surface area contributed by atoms with E-state index < -0.39 is 0 Å². The average Bonchev–Trinajstić information content (AvgIpc) is 3.19. The summed E-state index contributed by atoms with van der Waals surface area (Å²) in [6.07, 6.45) is 7.44. The molecule has 0 N–H and O–H groups in total. The molecule has 0 radical (unpaired) electrons. The summed E-state index contributed by atoms with van der Waals surface area (Å²) in [6.45, 7) is 4.29. The van der Waals surface area contributed by atoms with E-state index in [2.05, 4.69) is 134 Å². The van der Waals surface area contributed by atoms with E-state index in [9.17, 15) is 0 Å². The van der Waals surface area contributed by atoms with Gasteiger partial charge in [-0.3, -0.25) is 0 Å². The van der Waals surface area contributed by atoms with Crippen LogP contribution < -0.4 is 0 Å². The van der Waals surface area contributed by atoms with Crippen LogP contribution in [0.1, 0.15) is 25.8 Å². The smallest absolute Gasteiger partial charge is 0.0541 e. The minimum Gasteiger partial charge on any atom is -0.309 e. The van der Waals surface area contributed by atoms with E-state index in [1.165, 1.54) is 49.8 Å². The minimum atomic E-state index is 0.981. The number of hydrogen-bond acceptors (Lipinski definition) is 0. The Balaban J connectivity index is 1.84. The zero-order valence-electron chi connectivity index (χ0n) is 18.6. The monoisotopic (exact) mass is 413 g/mol. The molecule has 0 amide bonds. The number of allylic oxidation sites excluding steroid dienone is 4. The zero-order valence-corrected chi connectivity index (χ0v) is 18.6. The molecule has 0 fully saturated rings. The van der Waals surface area contributed by atoms with Crippen LogP contribution in [0.3, 0.4) is 0 Å². The molecule has 0 saturated heterocycles. The predicted molar refractivity (Wildman–Crippen MR) is 139 cm³/mol. The van der Waals surface area contributed by atoms with Gasteiger partial charge in [-0.25, -0.2) is 0 Å². The maximum atomic E-state index is 2.41. The van der Waals surface area contributed by atoms with Crippen molar-refractivity contribution in [2.24, 2.45) is 0 Å². The molecule has 0 aliphatic heterocycles. The second-order valence-electron chi connectivity index (χ2n) is 8.08. The lowest BCUT2D eigenvalue weighted by Gasteiger charge is -2.15. The fraction of sp³-hybridized carbons (Fsp3) is 0.0968. The molecule has 0 aliphatic carbocycles. The molecule has 4 aromatic carbocycles. The second-order valence-corrected chi connectivity index (χ2v) is 8.08. The molecule has 0 saturated carbocycles. The first-order valence-corrected chi connectivity index (χ1v) is 11.3. The highest BCUT2D eigenvalue weighted by atomic mass is 15.0. The SMILES string of the molecule is C/C=C\C=C(/CC)c1cc(-c2ccccc2)cc(-n2c3ccccc3c3ccccc32)c1. The van der Waals surface area contributed by atoms with E-state index in [1.807, 2.05) is 0 Å². The van der Waals surface area contributed by atoms with Crippen molar-refractivity contribution in [1.82, 2.24) is 4.57 Å². The molecule has 0 unspecified atom stereocenters. The minimum absolute atomic E-state index is 0.981. The van der Waals surface area contributed by atoms with Crippen LogP contribution in [-0.4, -0.2) is 4.57 Å². The van der Waals surface area contributed by atoms with Gasteiger partial charge in [0.05, 0.1) is 11.0 Å². The Hall–Kier alpha value is -3.84. The van der Waals surface area contributed by atoms with Gasteiger partial charge >= 0.3 is 0 Å². The van der Waals surface area contributed by atoms with E-state index in [1.54, 1.807) is 0 Å². The summed E-state index contributed by atoms with van der Waals surface area (Å²) < 4.78 is 2.41. The molecule has 0 spiro atoms. The number of hydrogen-bond donors (Lipinski definition) is 0. The van der Waals surface area contributed by atoms with Crippen LogP contribution in [0.2, 0.25) is 0 Å². The van der Waals surface area contributed by atoms with Gasteiger partial charge in [0.15, 0.2) is 0 Å². The Morgan fingerprint density at radius 2 is 1.34 bits per heavy atom. The molecule has 1 aromatic heterocycles. The third-order valence-electron chi connectivity index (χ3n) is 6.10. The van der Waals surface area contributed by atoms with Crippen molar-refractivity contribution in [1.29, 1.82) is 0 Å². The third kappa shape index (κ3) is 3.56. The molecule has 0 bridgehead atoms. The van der Waals surface area contributed by atoms with Crippen LogP contribution in [0.25, 0.3) is 44.2 Å². The van der Waals surface area contributed by atoms with Gasteiger partial charge in [0.2, 0.25) is 0 Å². The normalized spacial score (nSPS) is 12.2. The number of fused-ring (bicyclic) bond motifs is 3. The van der Waals surface area contributed by atoms with Gasteiger partial charge in [-0.05, 0) is 65.9 Å². The van der Waals surface area contributed by atoms with Gasteiger partial charge in [0.1, 0.15) is 0 Å².